The molecule has 0 aliphatic rings. The zero-order valence-corrected chi connectivity index (χ0v) is 10.9. The van der Waals surface area contributed by atoms with E-state index in [0.29, 0.717) is 5.75 Å². The van der Waals surface area contributed by atoms with Crippen molar-refractivity contribution >= 4 is 0 Å². The predicted molar refractivity (Wildman–Crippen MR) is 69.5 cm³/mol. The second-order valence-electron chi connectivity index (χ2n) is 4.19. The highest BCUT2D eigenvalue weighted by molar-refractivity contribution is 5.35. The Morgan fingerprint density at radius 3 is 2.78 bits per heavy atom. The Kier molecular flexibility index (Phi) is 3.62. The standard InChI is InChI=1S/C13H18N4O/c1-4-17-13(11(18-3)8-16-17)12(14)10-5-9(2)6-15-7-10/h5-8,12H,4,14H2,1-3H3. The van der Waals surface area contributed by atoms with Crippen molar-refractivity contribution in [1.29, 1.82) is 0 Å². The van der Waals surface area contributed by atoms with Gasteiger partial charge in [-0.3, -0.25) is 9.67 Å². The highest BCUT2D eigenvalue weighted by Gasteiger charge is 2.20. The molecule has 2 aromatic rings. The lowest BCUT2D eigenvalue weighted by atomic mass is 10.0. The fourth-order valence-electron chi connectivity index (χ4n) is 2.01. The minimum Gasteiger partial charge on any atom is -0.493 e. The summed E-state index contributed by atoms with van der Waals surface area (Å²) in [5.74, 6) is 0.714. The van der Waals surface area contributed by atoms with Crippen molar-refractivity contribution in [2.75, 3.05) is 7.11 Å². The van der Waals surface area contributed by atoms with Gasteiger partial charge in [0.2, 0.25) is 0 Å². The monoisotopic (exact) mass is 246 g/mol. The van der Waals surface area contributed by atoms with Gasteiger partial charge in [-0.25, -0.2) is 0 Å². The number of nitrogens with two attached hydrogens (primary N) is 1. The van der Waals surface area contributed by atoms with Crippen molar-refractivity contribution in [2.24, 2.45) is 5.73 Å². The summed E-state index contributed by atoms with van der Waals surface area (Å²) in [6.45, 7) is 4.78. The van der Waals surface area contributed by atoms with Gasteiger partial charge in [0.25, 0.3) is 0 Å². The second-order valence-corrected chi connectivity index (χ2v) is 4.19. The van der Waals surface area contributed by atoms with Crippen LogP contribution in [0.2, 0.25) is 0 Å². The van der Waals surface area contributed by atoms with Crippen LogP contribution in [0, 0.1) is 6.92 Å². The van der Waals surface area contributed by atoms with Gasteiger partial charge in [-0.1, -0.05) is 6.07 Å². The SMILES string of the molecule is CCn1ncc(OC)c1C(N)c1cncc(C)c1. The van der Waals surface area contributed by atoms with Gasteiger partial charge in [0.1, 0.15) is 5.69 Å². The molecule has 1 unspecified atom stereocenters. The summed E-state index contributed by atoms with van der Waals surface area (Å²) < 4.78 is 7.17. The van der Waals surface area contributed by atoms with E-state index in [2.05, 4.69) is 10.1 Å². The van der Waals surface area contributed by atoms with Crippen LogP contribution in [0.15, 0.2) is 24.7 Å². The normalized spacial score (nSPS) is 12.4. The first-order chi connectivity index (χ1) is 8.67. The van der Waals surface area contributed by atoms with Crippen molar-refractivity contribution in [3.63, 3.8) is 0 Å². The average molecular weight is 246 g/mol. The van der Waals surface area contributed by atoms with Crippen LogP contribution in [0.1, 0.15) is 29.8 Å². The number of ether oxygens (including phenoxy) is 1. The van der Waals surface area contributed by atoms with Crippen LogP contribution in [0.3, 0.4) is 0 Å². The molecule has 5 heteroatoms. The quantitative estimate of drug-likeness (QED) is 0.891. The molecule has 2 heterocycles. The zero-order valence-electron chi connectivity index (χ0n) is 10.9. The lowest BCUT2D eigenvalue weighted by molar-refractivity contribution is 0.404. The Morgan fingerprint density at radius 1 is 1.39 bits per heavy atom. The molecule has 0 aliphatic heterocycles. The molecule has 96 valence electrons. The first-order valence-electron chi connectivity index (χ1n) is 5.94. The van der Waals surface area contributed by atoms with Gasteiger partial charge in [-0.15, -0.1) is 0 Å². The molecule has 2 rings (SSSR count). The van der Waals surface area contributed by atoms with Crippen molar-refractivity contribution in [1.82, 2.24) is 14.8 Å². The van der Waals surface area contributed by atoms with E-state index in [0.717, 1.165) is 23.4 Å². The van der Waals surface area contributed by atoms with E-state index >= 15 is 0 Å². The third-order valence-corrected chi connectivity index (χ3v) is 2.91. The zero-order chi connectivity index (χ0) is 13.1. The van der Waals surface area contributed by atoms with Gasteiger partial charge < -0.3 is 10.5 Å². The third-order valence-electron chi connectivity index (χ3n) is 2.91. The van der Waals surface area contributed by atoms with Gasteiger partial charge in [0.05, 0.1) is 19.3 Å². The topological polar surface area (TPSA) is 66.0 Å². The van der Waals surface area contributed by atoms with Gasteiger partial charge in [-0.05, 0) is 25.0 Å². The molecular weight excluding hydrogens is 228 g/mol. The first-order valence-corrected chi connectivity index (χ1v) is 5.94. The van der Waals surface area contributed by atoms with Gasteiger partial charge in [0, 0.05) is 18.9 Å². The Hall–Kier alpha value is -1.88. The lowest BCUT2D eigenvalue weighted by Gasteiger charge is -2.15. The Labute approximate surface area is 107 Å². The van der Waals surface area contributed by atoms with Crippen molar-refractivity contribution in [2.45, 2.75) is 26.4 Å². The summed E-state index contributed by atoms with van der Waals surface area (Å²) in [4.78, 5) is 4.18. The maximum absolute atomic E-state index is 6.30. The van der Waals surface area contributed by atoms with Crippen LogP contribution in [-0.2, 0) is 6.54 Å². The van der Waals surface area contributed by atoms with Crippen LogP contribution in [0.25, 0.3) is 0 Å². The largest absolute Gasteiger partial charge is 0.493 e. The summed E-state index contributed by atoms with van der Waals surface area (Å²) in [6.07, 6.45) is 5.29. The minimum atomic E-state index is -0.283. The van der Waals surface area contributed by atoms with E-state index in [9.17, 15) is 0 Å². The van der Waals surface area contributed by atoms with Crippen LogP contribution < -0.4 is 10.5 Å². The van der Waals surface area contributed by atoms with E-state index in [-0.39, 0.29) is 6.04 Å². The third kappa shape index (κ3) is 2.22. The minimum absolute atomic E-state index is 0.283. The summed E-state index contributed by atoms with van der Waals surface area (Å²) in [5, 5.41) is 4.27. The molecule has 0 aromatic carbocycles. The van der Waals surface area contributed by atoms with Crippen molar-refractivity contribution in [3.8, 4) is 5.75 Å². The molecule has 0 fully saturated rings. The number of hydrogen-bond donors (Lipinski definition) is 1. The highest BCUT2D eigenvalue weighted by Crippen LogP contribution is 2.28. The molecular formula is C13H18N4O. The number of aryl methyl sites for hydroxylation is 2. The molecule has 0 aliphatic carbocycles. The van der Waals surface area contributed by atoms with Crippen LogP contribution in [0.4, 0.5) is 0 Å². The summed E-state index contributed by atoms with van der Waals surface area (Å²) in [6, 6.07) is 1.75. The van der Waals surface area contributed by atoms with E-state index in [1.54, 1.807) is 19.5 Å². The summed E-state index contributed by atoms with van der Waals surface area (Å²) >= 11 is 0. The molecule has 1 atom stereocenters. The molecule has 2 N–H and O–H groups in total. The van der Waals surface area contributed by atoms with E-state index in [1.165, 1.54) is 0 Å². The maximum atomic E-state index is 6.30. The Bertz CT molecular complexity index is 514. The Morgan fingerprint density at radius 2 is 2.17 bits per heavy atom. The average Bonchev–Trinajstić information content (AvgIpc) is 2.80. The number of pyridine rings is 1. The fourth-order valence-corrected chi connectivity index (χ4v) is 2.01. The molecule has 0 amide bonds. The van der Waals surface area contributed by atoms with Crippen molar-refractivity contribution in [3.05, 3.63) is 41.5 Å². The summed E-state index contributed by atoms with van der Waals surface area (Å²) in [5.41, 5.74) is 9.23. The van der Waals surface area contributed by atoms with Crippen LogP contribution >= 0.6 is 0 Å². The molecule has 0 saturated carbocycles. The van der Waals surface area contributed by atoms with E-state index in [1.807, 2.05) is 30.8 Å². The van der Waals surface area contributed by atoms with E-state index < -0.39 is 0 Å². The lowest BCUT2D eigenvalue weighted by Crippen LogP contribution is -2.18. The predicted octanol–water partition coefficient (Wildman–Crippen LogP) is 1.66. The number of rotatable bonds is 4. The number of hydrogen-bond acceptors (Lipinski definition) is 4. The van der Waals surface area contributed by atoms with Gasteiger partial charge in [0.15, 0.2) is 5.75 Å². The number of aromatic nitrogens is 3. The molecule has 18 heavy (non-hydrogen) atoms. The molecule has 0 bridgehead atoms. The van der Waals surface area contributed by atoms with Crippen LogP contribution in [-0.4, -0.2) is 21.9 Å². The highest BCUT2D eigenvalue weighted by atomic mass is 16.5. The maximum Gasteiger partial charge on any atom is 0.161 e. The second kappa shape index (κ2) is 5.18. The molecule has 5 nitrogen and oxygen atoms in total. The molecule has 0 radical (unpaired) electrons. The first kappa shape index (κ1) is 12.6. The smallest absolute Gasteiger partial charge is 0.161 e. The number of nitrogens with zero attached hydrogens (tertiary/aromatic N) is 3. The van der Waals surface area contributed by atoms with Crippen molar-refractivity contribution < 1.29 is 4.74 Å². The fraction of sp³-hybridized carbons (Fsp3) is 0.385. The van der Waals surface area contributed by atoms with Crippen LogP contribution in [0.5, 0.6) is 5.75 Å². The van der Waals surface area contributed by atoms with Gasteiger partial charge >= 0.3 is 0 Å². The molecule has 0 spiro atoms. The molecule has 2 aromatic heterocycles. The summed E-state index contributed by atoms with van der Waals surface area (Å²) in [7, 11) is 1.63. The Balaban J connectivity index is 2.44. The number of methoxy groups -OCH3 is 1. The van der Waals surface area contributed by atoms with Gasteiger partial charge in [-0.2, -0.15) is 5.10 Å². The van der Waals surface area contributed by atoms with E-state index in [4.69, 9.17) is 10.5 Å². The molecule has 0 saturated heterocycles.